The van der Waals surface area contributed by atoms with Gasteiger partial charge in [0.2, 0.25) is 5.13 Å². The summed E-state index contributed by atoms with van der Waals surface area (Å²) in [6, 6.07) is 26.6. The first-order valence-electron chi connectivity index (χ1n) is 12.9. The largest absolute Gasteiger partial charge is 0.478 e. The SMILES string of the molecule is O=C(O)c1cccc(Oc2cccc(-c3nnc(N(Cc4ccccc4)Cc4ccc(C(F)(F)P(=O)(O)O)c(Br)c4)s3)c2)c1. The van der Waals surface area contributed by atoms with Crippen molar-refractivity contribution in [1.82, 2.24) is 10.2 Å². The van der Waals surface area contributed by atoms with E-state index < -0.39 is 24.8 Å². The van der Waals surface area contributed by atoms with Gasteiger partial charge in [0.1, 0.15) is 16.5 Å². The lowest BCUT2D eigenvalue weighted by Gasteiger charge is -2.23. The van der Waals surface area contributed by atoms with E-state index in [0.717, 1.165) is 11.6 Å². The summed E-state index contributed by atoms with van der Waals surface area (Å²) in [6.45, 7) is 0.642. The molecular weight excluding hydrogens is 679 g/mol. The van der Waals surface area contributed by atoms with Crippen LogP contribution in [0.1, 0.15) is 27.0 Å². The molecule has 14 heteroatoms. The van der Waals surface area contributed by atoms with Crippen LogP contribution in [0.2, 0.25) is 0 Å². The second kappa shape index (κ2) is 12.9. The Hall–Kier alpha value is -4.00. The molecule has 9 nitrogen and oxygen atoms in total. The normalized spacial score (nSPS) is 11.8. The van der Waals surface area contributed by atoms with Gasteiger partial charge in [-0.25, -0.2) is 4.79 Å². The molecule has 0 spiro atoms. The molecular formula is C30H23BrF2N3O6PS. The van der Waals surface area contributed by atoms with Gasteiger partial charge < -0.3 is 24.5 Å². The molecule has 44 heavy (non-hydrogen) atoms. The Labute approximate surface area is 262 Å². The molecule has 0 atom stereocenters. The average molecular weight is 702 g/mol. The van der Waals surface area contributed by atoms with E-state index in [1.807, 2.05) is 41.3 Å². The summed E-state index contributed by atoms with van der Waals surface area (Å²) in [4.78, 5) is 31.5. The van der Waals surface area contributed by atoms with Gasteiger partial charge in [-0.05, 0) is 47.5 Å². The number of nitrogens with zero attached hydrogens (tertiary/aromatic N) is 3. The Morgan fingerprint density at radius 1 is 0.886 bits per heavy atom. The van der Waals surface area contributed by atoms with Gasteiger partial charge in [0.25, 0.3) is 0 Å². The standard InChI is InChI=1S/C30H23BrF2N3O6PS/c31-26-14-20(12-13-25(26)30(32,33)43(39,40)41)18-36(17-19-6-2-1-3-7-19)29-35-34-27(44-29)21-8-4-10-23(15-21)42-24-11-5-9-22(16-24)28(37)38/h1-16H,17-18H2,(H,37,38)(H2,39,40,41). The molecule has 0 amide bonds. The summed E-state index contributed by atoms with van der Waals surface area (Å²) >= 11 is 4.36. The summed E-state index contributed by atoms with van der Waals surface area (Å²) in [5.74, 6) is -0.224. The first kappa shape index (κ1) is 31.4. The topological polar surface area (TPSA) is 133 Å². The van der Waals surface area contributed by atoms with Crippen molar-refractivity contribution >= 4 is 46.0 Å². The minimum Gasteiger partial charge on any atom is -0.478 e. The first-order chi connectivity index (χ1) is 20.9. The zero-order chi connectivity index (χ0) is 31.5. The van der Waals surface area contributed by atoms with Crippen LogP contribution in [0.5, 0.6) is 11.5 Å². The summed E-state index contributed by atoms with van der Waals surface area (Å²) in [7, 11) is -5.73. The van der Waals surface area contributed by atoms with Crippen molar-refractivity contribution in [1.29, 1.82) is 0 Å². The summed E-state index contributed by atoms with van der Waals surface area (Å²) in [5, 5.41) is 19.1. The fraction of sp³-hybridized carbons (Fsp3) is 0.100. The number of alkyl halides is 2. The van der Waals surface area contributed by atoms with E-state index in [2.05, 4.69) is 26.1 Å². The zero-order valence-electron chi connectivity index (χ0n) is 22.5. The first-order valence-corrected chi connectivity index (χ1v) is 16.1. The van der Waals surface area contributed by atoms with Crippen molar-refractivity contribution in [2.24, 2.45) is 0 Å². The molecule has 5 rings (SSSR count). The van der Waals surface area contributed by atoms with Crippen molar-refractivity contribution in [3.8, 4) is 22.1 Å². The third kappa shape index (κ3) is 7.20. The van der Waals surface area contributed by atoms with Crippen molar-refractivity contribution in [2.75, 3.05) is 4.90 Å². The Kier molecular flexibility index (Phi) is 9.23. The van der Waals surface area contributed by atoms with E-state index in [-0.39, 0.29) is 16.6 Å². The van der Waals surface area contributed by atoms with Crippen molar-refractivity contribution in [2.45, 2.75) is 18.8 Å². The molecule has 1 heterocycles. The van der Waals surface area contributed by atoms with Gasteiger partial charge in [-0.15, -0.1) is 10.2 Å². The summed E-state index contributed by atoms with van der Waals surface area (Å²) in [6.07, 6.45) is 0. The van der Waals surface area contributed by atoms with Crippen LogP contribution in [0.15, 0.2) is 102 Å². The van der Waals surface area contributed by atoms with Gasteiger partial charge in [0.05, 0.1) is 5.56 Å². The van der Waals surface area contributed by atoms with Crippen LogP contribution in [0.4, 0.5) is 13.9 Å². The Morgan fingerprint density at radius 3 is 2.25 bits per heavy atom. The Bertz CT molecular complexity index is 1850. The lowest BCUT2D eigenvalue weighted by atomic mass is 10.1. The predicted molar refractivity (Wildman–Crippen MR) is 165 cm³/mol. The van der Waals surface area contributed by atoms with Crippen LogP contribution in [-0.4, -0.2) is 31.1 Å². The maximum absolute atomic E-state index is 14.4. The zero-order valence-corrected chi connectivity index (χ0v) is 25.8. The predicted octanol–water partition coefficient (Wildman–Crippen LogP) is 7.89. The quantitative estimate of drug-likeness (QED) is 0.118. The molecule has 0 bridgehead atoms. The Balaban J connectivity index is 1.41. The van der Waals surface area contributed by atoms with E-state index in [1.54, 1.807) is 30.3 Å². The van der Waals surface area contributed by atoms with E-state index in [4.69, 9.17) is 14.5 Å². The van der Waals surface area contributed by atoms with Crippen LogP contribution in [0, 0.1) is 0 Å². The number of benzene rings is 4. The second-order valence-electron chi connectivity index (χ2n) is 9.59. The molecule has 1 aromatic heterocycles. The van der Waals surface area contributed by atoms with Gasteiger partial charge in [-0.1, -0.05) is 87.9 Å². The minimum absolute atomic E-state index is 0.100. The highest BCUT2D eigenvalue weighted by molar-refractivity contribution is 9.10. The minimum atomic E-state index is -5.73. The lowest BCUT2D eigenvalue weighted by Crippen LogP contribution is -2.22. The van der Waals surface area contributed by atoms with Crippen LogP contribution in [-0.2, 0) is 23.3 Å². The number of carboxylic acids is 1. The molecule has 0 aliphatic rings. The number of aromatic nitrogens is 2. The number of carboxylic acid groups (broad SMARTS) is 1. The van der Waals surface area contributed by atoms with Gasteiger partial charge >= 0.3 is 19.2 Å². The molecule has 226 valence electrons. The van der Waals surface area contributed by atoms with Crippen molar-refractivity contribution in [3.63, 3.8) is 0 Å². The highest BCUT2D eigenvalue weighted by atomic mass is 79.9. The number of hydrogen-bond acceptors (Lipinski definition) is 7. The number of ether oxygens (including phenoxy) is 1. The van der Waals surface area contributed by atoms with Crippen LogP contribution >= 0.6 is 34.9 Å². The third-order valence-electron chi connectivity index (χ3n) is 6.40. The van der Waals surface area contributed by atoms with E-state index in [1.165, 1.54) is 35.6 Å². The molecule has 0 unspecified atom stereocenters. The highest BCUT2D eigenvalue weighted by Gasteiger charge is 2.51. The second-order valence-corrected chi connectivity index (χ2v) is 13.1. The van der Waals surface area contributed by atoms with Gasteiger partial charge in [-0.2, -0.15) is 8.78 Å². The summed E-state index contributed by atoms with van der Waals surface area (Å²) in [5.41, 5.74) is -2.78. The van der Waals surface area contributed by atoms with Crippen LogP contribution < -0.4 is 9.64 Å². The molecule has 0 radical (unpaired) electrons. The molecule has 0 aliphatic carbocycles. The Morgan fingerprint density at radius 2 is 1.57 bits per heavy atom. The number of hydrogen-bond donors (Lipinski definition) is 3. The molecule has 3 N–H and O–H groups in total. The third-order valence-corrected chi connectivity index (χ3v) is 9.06. The highest BCUT2D eigenvalue weighted by Crippen LogP contribution is 2.60. The van der Waals surface area contributed by atoms with Crippen molar-refractivity contribution in [3.05, 3.63) is 124 Å². The molecule has 0 fully saturated rings. The molecule has 0 saturated heterocycles. The van der Waals surface area contributed by atoms with Crippen molar-refractivity contribution < 1.29 is 37.8 Å². The molecule has 5 aromatic rings. The van der Waals surface area contributed by atoms with Gasteiger partial charge in [0, 0.05) is 28.7 Å². The number of carbonyl (C=O) groups is 1. The smallest absolute Gasteiger partial charge is 0.399 e. The summed E-state index contributed by atoms with van der Waals surface area (Å²) < 4.78 is 45.9. The van der Waals surface area contributed by atoms with Gasteiger partial charge in [-0.3, -0.25) is 4.57 Å². The fourth-order valence-electron chi connectivity index (χ4n) is 4.25. The number of aromatic carboxylic acids is 1. The number of rotatable bonds is 11. The number of anilines is 1. The van der Waals surface area contributed by atoms with E-state index >= 15 is 0 Å². The number of halogens is 3. The lowest BCUT2D eigenvalue weighted by molar-refractivity contribution is 0.0557. The van der Waals surface area contributed by atoms with E-state index in [9.17, 15) is 23.2 Å². The average Bonchev–Trinajstić information content (AvgIpc) is 3.48. The molecule has 0 aliphatic heterocycles. The maximum Gasteiger partial charge on any atom is 0.399 e. The van der Waals surface area contributed by atoms with Crippen LogP contribution in [0.25, 0.3) is 10.6 Å². The monoisotopic (exact) mass is 701 g/mol. The van der Waals surface area contributed by atoms with Crippen LogP contribution in [0.3, 0.4) is 0 Å². The fourth-order valence-corrected chi connectivity index (χ4v) is 6.43. The maximum atomic E-state index is 14.4. The van der Waals surface area contributed by atoms with E-state index in [0.29, 0.717) is 39.3 Å². The van der Waals surface area contributed by atoms with Gasteiger partial charge in [0.15, 0.2) is 0 Å². The molecule has 0 saturated carbocycles. The molecule has 4 aromatic carbocycles.